The average Bonchev–Trinajstić information content (AvgIpc) is 3.38. The van der Waals surface area contributed by atoms with E-state index >= 15 is 0 Å². The maximum Gasteiger partial charge on any atom is 0.289 e. The Morgan fingerprint density at radius 3 is 2.35 bits per heavy atom. The first kappa shape index (κ1) is 21.4. The number of nitrogens with zero attached hydrogens (tertiary/aromatic N) is 4. The van der Waals surface area contributed by atoms with E-state index in [-0.39, 0.29) is 11.9 Å². The molecule has 1 N–H and O–H groups in total. The average molecular weight is 426 g/mol. The summed E-state index contributed by atoms with van der Waals surface area (Å²) >= 11 is 0. The Morgan fingerprint density at radius 1 is 1.00 bits per heavy atom. The number of carbonyl (C=O) groups excluding carboxylic acids is 1. The van der Waals surface area contributed by atoms with Gasteiger partial charge in [-0.25, -0.2) is 0 Å². The minimum atomic E-state index is -0.0518. The number of morpholine rings is 1. The molecule has 2 aromatic rings. The zero-order valence-corrected chi connectivity index (χ0v) is 18.1. The molecule has 0 saturated carbocycles. The van der Waals surface area contributed by atoms with Gasteiger partial charge in [0.2, 0.25) is 0 Å². The number of ether oxygens (including phenoxy) is 1. The van der Waals surface area contributed by atoms with E-state index < -0.39 is 0 Å². The standard InChI is InChI=1S/C23H31N5O3/c1-24-23(28-11-9-27(10-12-28)22(29)21-8-5-15-31-21)25-18-20(19-6-3-2-4-7-19)26-13-16-30-17-14-26/h2-8,15,20H,9-14,16-18H2,1H3,(H,24,25). The first-order valence-corrected chi connectivity index (χ1v) is 10.9. The number of furan rings is 1. The summed E-state index contributed by atoms with van der Waals surface area (Å²) in [7, 11) is 1.81. The molecule has 0 bridgehead atoms. The van der Waals surface area contributed by atoms with Crippen LogP contribution < -0.4 is 5.32 Å². The summed E-state index contributed by atoms with van der Waals surface area (Å²) in [5.41, 5.74) is 1.29. The zero-order chi connectivity index (χ0) is 21.5. The number of hydrogen-bond acceptors (Lipinski definition) is 5. The molecule has 31 heavy (non-hydrogen) atoms. The largest absolute Gasteiger partial charge is 0.459 e. The van der Waals surface area contributed by atoms with Crippen LogP contribution in [0.25, 0.3) is 0 Å². The van der Waals surface area contributed by atoms with Crippen molar-refractivity contribution in [2.45, 2.75) is 6.04 Å². The second-order valence-corrected chi connectivity index (χ2v) is 7.76. The molecule has 1 aromatic heterocycles. The summed E-state index contributed by atoms with van der Waals surface area (Å²) in [4.78, 5) is 23.5. The van der Waals surface area contributed by atoms with Gasteiger partial charge < -0.3 is 24.3 Å². The van der Waals surface area contributed by atoms with Crippen LogP contribution in [0.2, 0.25) is 0 Å². The highest BCUT2D eigenvalue weighted by molar-refractivity contribution is 5.91. The SMILES string of the molecule is CN=C(NCC(c1ccccc1)N1CCOCC1)N1CCN(C(=O)c2ccco2)CC1. The Bertz CT molecular complexity index is 841. The number of benzene rings is 1. The third-order valence-electron chi connectivity index (χ3n) is 5.93. The lowest BCUT2D eigenvalue weighted by molar-refractivity contribution is 0.0168. The van der Waals surface area contributed by atoms with Crippen molar-refractivity contribution in [2.75, 3.05) is 66.1 Å². The van der Waals surface area contributed by atoms with Crippen molar-refractivity contribution in [3.05, 3.63) is 60.1 Å². The predicted molar refractivity (Wildman–Crippen MR) is 119 cm³/mol. The Kier molecular flexibility index (Phi) is 7.22. The third-order valence-corrected chi connectivity index (χ3v) is 5.93. The molecular weight excluding hydrogens is 394 g/mol. The van der Waals surface area contributed by atoms with Gasteiger partial charge in [-0.15, -0.1) is 0 Å². The number of nitrogens with one attached hydrogen (secondary N) is 1. The summed E-state index contributed by atoms with van der Waals surface area (Å²) in [5.74, 6) is 1.22. The van der Waals surface area contributed by atoms with E-state index in [1.165, 1.54) is 11.8 Å². The molecule has 1 aromatic carbocycles. The van der Waals surface area contributed by atoms with Gasteiger partial charge in [0.05, 0.1) is 25.5 Å². The molecule has 1 atom stereocenters. The summed E-state index contributed by atoms with van der Waals surface area (Å²) in [6, 6.07) is 14.3. The molecule has 2 fully saturated rings. The molecule has 0 radical (unpaired) electrons. The second kappa shape index (κ2) is 10.5. The van der Waals surface area contributed by atoms with Crippen LogP contribution in [0.4, 0.5) is 0 Å². The van der Waals surface area contributed by atoms with Crippen LogP contribution in [-0.2, 0) is 4.74 Å². The number of amides is 1. The van der Waals surface area contributed by atoms with Gasteiger partial charge in [-0.2, -0.15) is 0 Å². The van der Waals surface area contributed by atoms with Gasteiger partial charge >= 0.3 is 0 Å². The Hall–Kier alpha value is -2.84. The van der Waals surface area contributed by atoms with Gasteiger partial charge in [0, 0.05) is 52.9 Å². The third kappa shape index (κ3) is 5.26. The Balaban J connectivity index is 1.35. The number of carbonyl (C=O) groups is 1. The smallest absolute Gasteiger partial charge is 0.289 e. The molecule has 8 nitrogen and oxygen atoms in total. The summed E-state index contributed by atoms with van der Waals surface area (Å²) in [6.45, 7) is 6.91. The van der Waals surface area contributed by atoms with Gasteiger partial charge in [0.1, 0.15) is 0 Å². The van der Waals surface area contributed by atoms with Gasteiger partial charge in [0.15, 0.2) is 11.7 Å². The predicted octanol–water partition coefficient (Wildman–Crippen LogP) is 1.69. The lowest BCUT2D eigenvalue weighted by Crippen LogP contribution is -2.54. The van der Waals surface area contributed by atoms with E-state index in [0.29, 0.717) is 18.8 Å². The quantitative estimate of drug-likeness (QED) is 0.581. The summed E-state index contributed by atoms with van der Waals surface area (Å²) in [5, 5.41) is 3.58. The topological polar surface area (TPSA) is 73.6 Å². The Labute approximate surface area is 183 Å². The number of piperazine rings is 1. The second-order valence-electron chi connectivity index (χ2n) is 7.76. The fraction of sp³-hybridized carbons (Fsp3) is 0.478. The van der Waals surface area contributed by atoms with E-state index in [0.717, 1.165) is 51.9 Å². The molecule has 8 heteroatoms. The van der Waals surface area contributed by atoms with Gasteiger partial charge in [0.25, 0.3) is 5.91 Å². The molecule has 3 heterocycles. The summed E-state index contributed by atoms with van der Waals surface area (Å²) in [6.07, 6.45) is 1.53. The highest BCUT2D eigenvalue weighted by Gasteiger charge is 2.27. The van der Waals surface area contributed by atoms with E-state index in [9.17, 15) is 4.79 Å². The van der Waals surface area contributed by atoms with Crippen molar-refractivity contribution in [3.8, 4) is 0 Å². The summed E-state index contributed by atoms with van der Waals surface area (Å²) < 4.78 is 10.8. The van der Waals surface area contributed by atoms with Crippen molar-refractivity contribution < 1.29 is 13.9 Å². The highest BCUT2D eigenvalue weighted by Crippen LogP contribution is 2.21. The maximum atomic E-state index is 12.5. The van der Waals surface area contributed by atoms with E-state index in [4.69, 9.17) is 9.15 Å². The Morgan fingerprint density at radius 2 is 1.71 bits per heavy atom. The van der Waals surface area contributed by atoms with Crippen LogP contribution in [-0.4, -0.2) is 92.6 Å². The van der Waals surface area contributed by atoms with Gasteiger partial charge in [-0.3, -0.25) is 14.7 Å². The van der Waals surface area contributed by atoms with Crippen molar-refractivity contribution in [3.63, 3.8) is 0 Å². The fourth-order valence-corrected chi connectivity index (χ4v) is 4.22. The highest BCUT2D eigenvalue weighted by atomic mass is 16.5. The molecule has 2 aliphatic heterocycles. The number of rotatable bonds is 5. The van der Waals surface area contributed by atoms with Crippen molar-refractivity contribution >= 4 is 11.9 Å². The van der Waals surface area contributed by atoms with Crippen molar-refractivity contribution in [1.29, 1.82) is 0 Å². The number of aliphatic imine (C=N–C) groups is 1. The molecule has 1 unspecified atom stereocenters. The van der Waals surface area contributed by atoms with E-state index in [2.05, 4.69) is 50.4 Å². The first-order chi connectivity index (χ1) is 15.3. The van der Waals surface area contributed by atoms with Crippen molar-refractivity contribution in [2.24, 2.45) is 4.99 Å². The van der Waals surface area contributed by atoms with Crippen LogP contribution in [0.1, 0.15) is 22.2 Å². The number of hydrogen-bond donors (Lipinski definition) is 1. The van der Waals surface area contributed by atoms with Crippen LogP contribution in [0, 0.1) is 0 Å². The molecule has 4 rings (SSSR count). The molecule has 2 saturated heterocycles. The van der Waals surface area contributed by atoms with Crippen LogP contribution in [0.3, 0.4) is 0 Å². The van der Waals surface area contributed by atoms with E-state index in [1.807, 2.05) is 11.9 Å². The fourth-order valence-electron chi connectivity index (χ4n) is 4.22. The lowest BCUT2D eigenvalue weighted by atomic mass is 10.0. The van der Waals surface area contributed by atoms with Gasteiger partial charge in [-0.1, -0.05) is 30.3 Å². The molecule has 0 aliphatic carbocycles. The van der Waals surface area contributed by atoms with E-state index in [1.54, 1.807) is 12.1 Å². The van der Waals surface area contributed by atoms with Crippen molar-refractivity contribution in [1.82, 2.24) is 20.0 Å². The molecule has 1 amide bonds. The monoisotopic (exact) mass is 425 g/mol. The minimum absolute atomic E-state index is 0.0518. The van der Waals surface area contributed by atoms with Crippen LogP contribution >= 0.6 is 0 Å². The van der Waals surface area contributed by atoms with Crippen LogP contribution in [0.15, 0.2) is 58.1 Å². The first-order valence-electron chi connectivity index (χ1n) is 10.9. The van der Waals surface area contributed by atoms with Crippen LogP contribution in [0.5, 0.6) is 0 Å². The lowest BCUT2D eigenvalue weighted by Gasteiger charge is -2.38. The maximum absolute atomic E-state index is 12.5. The minimum Gasteiger partial charge on any atom is -0.459 e. The molecule has 166 valence electrons. The number of guanidine groups is 1. The van der Waals surface area contributed by atoms with Gasteiger partial charge in [-0.05, 0) is 17.7 Å². The molecule has 0 spiro atoms. The normalized spacial score (nSPS) is 19.3. The zero-order valence-electron chi connectivity index (χ0n) is 18.1. The molecule has 2 aliphatic rings. The molecular formula is C23H31N5O3.